The Balaban J connectivity index is 0.0000168. The second kappa shape index (κ2) is 31.1. The van der Waals surface area contributed by atoms with Gasteiger partial charge in [0.2, 0.25) is 0 Å². The summed E-state index contributed by atoms with van der Waals surface area (Å²) in [5.74, 6) is 0. The van der Waals surface area contributed by atoms with E-state index in [1.54, 1.807) is 12.1 Å². The minimum atomic E-state index is -4.33. The van der Waals surface area contributed by atoms with Gasteiger partial charge in [-0.1, -0.05) is 199 Å². The first-order chi connectivity index (χ1) is 20.0. The monoisotopic (exact) mass is 614 g/mol. The molecule has 1 aromatic carbocycles. The number of unbranched alkanes of at least 4 members (excludes halogenated alkanes) is 28. The number of hydrogen-bond donors (Lipinski definition) is 0. The first kappa shape index (κ1) is 42.1. The van der Waals surface area contributed by atoms with E-state index < -0.39 is 10.1 Å². The van der Waals surface area contributed by atoms with E-state index in [-0.39, 0.29) is 34.5 Å². The second-order valence-corrected chi connectivity index (χ2v) is 14.1. The molecule has 0 radical (unpaired) electrons. The molecule has 0 N–H and O–H groups in total. The maximum Gasteiger partial charge on any atom is 1.00 e. The zero-order valence-electron chi connectivity index (χ0n) is 28.2. The summed E-state index contributed by atoms with van der Waals surface area (Å²) in [5, 5.41) is 0. The molecule has 0 aliphatic rings. The molecule has 42 heavy (non-hydrogen) atoms. The van der Waals surface area contributed by atoms with Crippen LogP contribution in [0.3, 0.4) is 0 Å². The van der Waals surface area contributed by atoms with Gasteiger partial charge in [0.1, 0.15) is 10.1 Å². The molecule has 0 saturated heterocycles. The third-order valence-electron chi connectivity index (χ3n) is 8.78. The van der Waals surface area contributed by atoms with E-state index in [0.717, 1.165) is 18.4 Å². The van der Waals surface area contributed by atoms with Crippen molar-refractivity contribution in [3.8, 4) is 0 Å². The summed E-state index contributed by atoms with van der Waals surface area (Å²) >= 11 is 0. The van der Waals surface area contributed by atoms with Crippen molar-refractivity contribution < 1.29 is 42.5 Å². The Labute approximate surface area is 285 Å². The summed E-state index contributed by atoms with van der Waals surface area (Å²) in [7, 11) is -4.33. The van der Waals surface area contributed by atoms with Crippen LogP contribution in [0.15, 0.2) is 29.2 Å². The van der Waals surface area contributed by atoms with Gasteiger partial charge in [-0.15, -0.1) is 0 Å². The summed E-state index contributed by atoms with van der Waals surface area (Å²) in [4.78, 5) is -0.133. The van der Waals surface area contributed by atoms with E-state index in [4.69, 9.17) is 0 Å². The number of hydrogen-bond acceptors (Lipinski definition) is 3. The zero-order valence-corrected chi connectivity index (χ0v) is 31.0. The van der Waals surface area contributed by atoms with Crippen molar-refractivity contribution in [3.05, 3.63) is 29.8 Å². The smallest absolute Gasteiger partial charge is 0.744 e. The standard InChI is InChI=1S/C37H68O3S.Na/c1-2-3-4-5-6-7-8-9-10-11-12-13-14-15-16-17-18-19-20-21-22-23-24-25-26-27-28-29-30-31-36-32-34-37(35-33-36)41(38,39)40;/h32-35H,2-31H2,1H3,(H,38,39,40);/q;+1/p-1. The van der Waals surface area contributed by atoms with Crippen molar-refractivity contribution in [2.75, 3.05) is 0 Å². The van der Waals surface area contributed by atoms with E-state index in [1.165, 1.54) is 192 Å². The van der Waals surface area contributed by atoms with E-state index in [9.17, 15) is 13.0 Å². The van der Waals surface area contributed by atoms with Gasteiger partial charge in [-0.05, 0) is 30.5 Å². The van der Waals surface area contributed by atoms with E-state index in [0.29, 0.717) is 0 Å². The topological polar surface area (TPSA) is 57.2 Å². The first-order valence-electron chi connectivity index (χ1n) is 18.1. The Bertz CT molecular complexity index is 779. The SMILES string of the molecule is CCCCCCCCCCCCCCCCCCCCCCCCCCCCCCCc1ccc(S(=O)(=O)[O-])cc1.[Na+]. The van der Waals surface area contributed by atoms with Gasteiger partial charge in [-0.2, -0.15) is 0 Å². The largest absolute Gasteiger partial charge is 1.00 e. The van der Waals surface area contributed by atoms with Gasteiger partial charge < -0.3 is 4.55 Å². The Hall–Kier alpha value is 0.130. The summed E-state index contributed by atoms with van der Waals surface area (Å²) in [6, 6.07) is 6.40. The summed E-state index contributed by atoms with van der Waals surface area (Å²) in [6.45, 7) is 2.30. The second-order valence-electron chi connectivity index (χ2n) is 12.7. The maximum atomic E-state index is 11.0. The Kier molecular flexibility index (Phi) is 31.2. The summed E-state index contributed by atoms with van der Waals surface area (Å²) in [5.41, 5.74) is 1.11. The third-order valence-corrected chi connectivity index (χ3v) is 9.63. The van der Waals surface area contributed by atoms with Crippen LogP contribution in [0.25, 0.3) is 0 Å². The Morgan fingerprint density at radius 3 is 0.905 bits per heavy atom. The van der Waals surface area contributed by atoms with Crippen LogP contribution >= 0.6 is 0 Å². The minimum Gasteiger partial charge on any atom is -0.744 e. The van der Waals surface area contributed by atoms with Crippen molar-refractivity contribution >= 4 is 10.1 Å². The normalized spacial score (nSPS) is 11.6. The summed E-state index contributed by atoms with van der Waals surface area (Å²) in [6.07, 6.45) is 41.9. The molecule has 5 heteroatoms. The van der Waals surface area contributed by atoms with Gasteiger partial charge in [0.15, 0.2) is 0 Å². The molecule has 0 fully saturated rings. The summed E-state index contributed by atoms with van der Waals surface area (Å²) < 4.78 is 33.0. The minimum absolute atomic E-state index is 0. The molecule has 0 aliphatic heterocycles. The Morgan fingerprint density at radius 2 is 0.667 bits per heavy atom. The predicted molar refractivity (Wildman–Crippen MR) is 178 cm³/mol. The fraction of sp³-hybridized carbons (Fsp3) is 0.838. The molecule has 0 spiro atoms. The molecular weight excluding hydrogens is 547 g/mol. The molecule has 3 nitrogen and oxygen atoms in total. The average molecular weight is 615 g/mol. The van der Waals surface area contributed by atoms with Crippen molar-refractivity contribution in [2.24, 2.45) is 0 Å². The molecule has 240 valence electrons. The molecule has 0 bridgehead atoms. The van der Waals surface area contributed by atoms with Crippen molar-refractivity contribution in [1.82, 2.24) is 0 Å². The van der Waals surface area contributed by atoms with Crippen molar-refractivity contribution in [3.63, 3.8) is 0 Å². The Morgan fingerprint density at radius 1 is 0.429 bits per heavy atom. The van der Waals surface area contributed by atoms with Crippen LogP contribution in [-0.2, 0) is 16.5 Å². The van der Waals surface area contributed by atoms with E-state index >= 15 is 0 Å². The molecule has 1 rings (SSSR count). The molecule has 1 aromatic rings. The van der Waals surface area contributed by atoms with Crippen LogP contribution in [0.1, 0.15) is 199 Å². The fourth-order valence-corrected chi connectivity index (χ4v) is 6.47. The van der Waals surface area contributed by atoms with Gasteiger partial charge >= 0.3 is 29.6 Å². The molecule has 0 aromatic heterocycles. The van der Waals surface area contributed by atoms with Crippen LogP contribution in [0.2, 0.25) is 0 Å². The van der Waals surface area contributed by atoms with E-state index in [1.807, 2.05) is 0 Å². The van der Waals surface area contributed by atoms with Gasteiger partial charge in [-0.25, -0.2) is 8.42 Å². The fourth-order valence-electron chi connectivity index (χ4n) is 6.00. The maximum absolute atomic E-state index is 11.0. The number of rotatable bonds is 31. The molecule has 0 amide bonds. The van der Waals surface area contributed by atoms with E-state index in [2.05, 4.69) is 6.92 Å². The predicted octanol–water partition coefficient (Wildman–Crippen LogP) is 9.47. The quantitative estimate of drug-likeness (QED) is 0.0475. The zero-order chi connectivity index (χ0) is 29.7. The third kappa shape index (κ3) is 27.7. The molecular formula is C37H67NaO3S. The van der Waals surface area contributed by atoms with Crippen molar-refractivity contribution in [1.29, 1.82) is 0 Å². The van der Waals surface area contributed by atoms with Gasteiger partial charge in [-0.3, -0.25) is 0 Å². The average Bonchev–Trinajstić information content (AvgIpc) is 2.96. The first-order valence-corrected chi connectivity index (χ1v) is 19.5. The molecule has 0 unspecified atom stereocenters. The molecule has 0 saturated carbocycles. The number of aryl methyl sites for hydroxylation is 1. The van der Waals surface area contributed by atoms with Crippen LogP contribution in [0.4, 0.5) is 0 Å². The van der Waals surface area contributed by atoms with Crippen LogP contribution in [-0.4, -0.2) is 13.0 Å². The van der Waals surface area contributed by atoms with Crippen LogP contribution < -0.4 is 29.6 Å². The molecule has 0 atom stereocenters. The number of benzene rings is 1. The van der Waals surface area contributed by atoms with Gasteiger partial charge in [0, 0.05) is 0 Å². The van der Waals surface area contributed by atoms with Crippen LogP contribution in [0, 0.1) is 0 Å². The van der Waals surface area contributed by atoms with Crippen LogP contribution in [0.5, 0.6) is 0 Å². The van der Waals surface area contributed by atoms with Gasteiger partial charge in [0.05, 0.1) is 4.90 Å². The van der Waals surface area contributed by atoms with Gasteiger partial charge in [0.25, 0.3) is 0 Å². The molecule has 0 heterocycles. The molecule has 0 aliphatic carbocycles. The van der Waals surface area contributed by atoms with Crippen molar-refractivity contribution in [2.45, 2.75) is 204 Å².